The lowest BCUT2D eigenvalue weighted by molar-refractivity contribution is -0.122. The minimum absolute atomic E-state index is 0. The smallest absolute Gasteiger partial charge is 0.342 e. The molecule has 1 aliphatic heterocycles. The monoisotopic (exact) mass is 508 g/mol. The van der Waals surface area contributed by atoms with E-state index in [0.717, 1.165) is 5.56 Å². The van der Waals surface area contributed by atoms with Gasteiger partial charge in [-0.1, -0.05) is 47.5 Å². The second-order valence-electron chi connectivity index (χ2n) is 7.70. The maximum absolute atomic E-state index is 12.8. The Hall–Kier alpha value is -2.84. The quantitative estimate of drug-likeness (QED) is 0.579. The highest BCUT2D eigenvalue weighted by Crippen LogP contribution is 2.31. The van der Waals surface area contributed by atoms with Crippen LogP contribution in [0.5, 0.6) is 11.5 Å². The van der Waals surface area contributed by atoms with Gasteiger partial charge in [0.25, 0.3) is 0 Å². The first-order valence-corrected chi connectivity index (χ1v) is 11.2. The van der Waals surface area contributed by atoms with Crippen molar-refractivity contribution in [2.24, 2.45) is 0 Å². The highest BCUT2D eigenvalue weighted by molar-refractivity contribution is 6.42. The number of halogens is 2. The molecule has 0 spiro atoms. The van der Waals surface area contributed by atoms with Crippen molar-refractivity contribution in [3.8, 4) is 11.5 Å². The van der Waals surface area contributed by atoms with Gasteiger partial charge in [0.2, 0.25) is 0 Å². The van der Waals surface area contributed by atoms with Crippen LogP contribution >= 0.6 is 23.2 Å². The van der Waals surface area contributed by atoms with Gasteiger partial charge >= 0.3 is 5.97 Å². The molecule has 0 fully saturated rings. The third kappa shape index (κ3) is 7.33. The molecule has 1 heterocycles. The number of phenols is 1. The highest BCUT2D eigenvalue weighted by atomic mass is 35.5. The van der Waals surface area contributed by atoms with Crippen LogP contribution in [0.4, 0.5) is 0 Å². The summed E-state index contributed by atoms with van der Waals surface area (Å²) in [5.74, 6) is -1.03. The van der Waals surface area contributed by atoms with Crippen molar-refractivity contribution in [3.05, 3.63) is 75.3 Å². The number of aromatic hydroxyl groups is 1. The number of rotatable bonds is 3. The molecule has 0 amide bonds. The summed E-state index contributed by atoms with van der Waals surface area (Å²) in [6.45, 7) is 1.84. The van der Waals surface area contributed by atoms with E-state index < -0.39 is 24.0 Å². The molecule has 0 aromatic heterocycles. The second-order valence-corrected chi connectivity index (χ2v) is 8.51. The van der Waals surface area contributed by atoms with Gasteiger partial charge in [-0.25, -0.2) is 4.79 Å². The number of ether oxygens (including phenoxy) is 2. The van der Waals surface area contributed by atoms with Crippen molar-refractivity contribution in [2.45, 2.75) is 45.0 Å². The normalized spacial score (nSPS) is 20.8. The van der Waals surface area contributed by atoms with Crippen LogP contribution in [-0.4, -0.2) is 39.6 Å². The molecule has 9 heteroatoms. The number of hydrogen-bond donors (Lipinski definition) is 2. The number of hydrogen-bond acceptors (Lipinski definition) is 6. The third-order valence-corrected chi connectivity index (χ3v) is 5.75. The summed E-state index contributed by atoms with van der Waals surface area (Å²) in [6.07, 6.45) is 5.47. The summed E-state index contributed by atoms with van der Waals surface area (Å²) in [6, 6.07) is 8.08. The highest BCUT2D eigenvalue weighted by Gasteiger charge is 2.21. The number of esters is 1. The topological polar surface area (TPSA) is 125 Å². The Morgan fingerprint density at radius 3 is 2.59 bits per heavy atom. The van der Waals surface area contributed by atoms with Crippen LogP contribution in [0.3, 0.4) is 0 Å². The molecule has 3 rings (SSSR count). The van der Waals surface area contributed by atoms with Gasteiger partial charge in [0.1, 0.15) is 35.9 Å². The van der Waals surface area contributed by atoms with Crippen molar-refractivity contribution < 1.29 is 34.8 Å². The predicted molar refractivity (Wildman–Crippen MR) is 130 cm³/mol. The Morgan fingerprint density at radius 1 is 1.09 bits per heavy atom. The van der Waals surface area contributed by atoms with E-state index in [2.05, 4.69) is 0 Å². The molecule has 2 atom stereocenters. The number of phenolic OH excluding ortho intramolecular Hbond substituents is 1. The number of fused-ring (bicyclic) bond motifs is 1. The van der Waals surface area contributed by atoms with Crippen molar-refractivity contribution in [2.75, 3.05) is 0 Å². The van der Waals surface area contributed by atoms with Gasteiger partial charge in [0, 0.05) is 12.5 Å². The fraction of sp³-hybridized carbons (Fsp3) is 0.280. The maximum Gasteiger partial charge on any atom is 0.342 e. The van der Waals surface area contributed by atoms with E-state index in [9.17, 15) is 19.8 Å². The molecule has 0 radical (unpaired) electrons. The molecule has 0 unspecified atom stereocenters. The number of benzene rings is 2. The van der Waals surface area contributed by atoms with Gasteiger partial charge < -0.3 is 25.2 Å². The maximum atomic E-state index is 12.8. The number of ketones is 1. The average molecular weight is 509 g/mol. The van der Waals surface area contributed by atoms with Crippen LogP contribution in [0.1, 0.15) is 47.7 Å². The zero-order valence-electron chi connectivity index (χ0n) is 18.5. The van der Waals surface area contributed by atoms with Crippen LogP contribution in [0, 0.1) is 0 Å². The van der Waals surface area contributed by atoms with Gasteiger partial charge in [-0.2, -0.15) is 0 Å². The van der Waals surface area contributed by atoms with E-state index in [4.69, 9.17) is 32.7 Å². The molecule has 4 N–H and O–H groups in total. The SMILES string of the molecule is C[C@H]1C/C=C\C(=O)[C@@H](O)CC/C=C/c2cc(OCc3ccc(Cl)c(Cl)c3)cc(O)c2C(=O)O1.O. The van der Waals surface area contributed by atoms with E-state index in [1.165, 1.54) is 12.1 Å². The lowest BCUT2D eigenvalue weighted by atomic mass is 10.0. The second kappa shape index (κ2) is 12.6. The molecular formula is C25H26Cl2O7. The standard InChI is InChI=1S/C25H24Cl2O6.H2O/c1-15-5-4-8-22(29)21(28)7-3-2-6-17-12-18(13-23(30)24(17)25(31)33-15)32-14-16-9-10-19(26)20(27)11-16;/h2,4,6,8-13,15,21,28,30H,3,5,7,14H2,1H3;1H2/b6-2+,8-4-;/t15-,21-;/m0./s1. The summed E-state index contributed by atoms with van der Waals surface area (Å²) in [5, 5.41) is 21.4. The average Bonchev–Trinajstić information content (AvgIpc) is 2.76. The van der Waals surface area contributed by atoms with E-state index in [1.807, 2.05) is 0 Å². The number of aliphatic hydroxyl groups is 1. The Balaban J connectivity index is 0.00000408. The number of aliphatic hydroxyl groups excluding tert-OH is 1. The fourth-order valence-electron chi connectivity index (χ4n) is 3.24. The lowest BCUT2D eigenvalue weighted by Gasteiger charge is -2.16. The minimum Gasteiger partial charge on any atom is -0.507 e. The lowest BCUT2D eigenvalue weighted by Crippen LogP contribution is -2.18. The van der Waals surface area contributed by atoms with E-state index >= 15 is 0 Å². The Bertz CT molecular complexity index is 1090. The summed E-state index contributed by atoms with van der Waals surface area (Å²) >= 11 is 12.0. The molecule has 0 aliphatic carbocycles. The Labute approximate surface area is 207 Å². The van der Waals surface area contributed by atoms with Gasteiger partial charge in [0.05, 0.1) is 10.0 Å². The zero-order valence-corrected chi connectivity index (χ0v) is 20.0. The Morgan fingerprint density at radius 2 is 1.85 bits per heavy atom. The molecule has 0 saturated heterocycles. The van der Waals surface area contributed by atoms with Gasteiger partial charge in [-0.05, 0) is 55.2 Å². The third-order valence-electron chi connectivity index (χ3n) is 5.01. The molecule has 0 bridgehead atoms. The van der Waals surface area contributed by atoms with E-state index in [1.54, 1.807) is 49.4 Å². The molecule has 2 aromatic rings. The first-order chi connectivity index (χ1) is 15.7. The van der Waals surface area contributed by atoms with Crippen LogP contribution in [0.15, 0.2) is 48.6 Å². The molecule has 2 aromatic carbocycles. The van der Waals surface area contributed by atoms with Crippen LogP contribution in [-0.2, 0) is 16.1 Å². The molecule has 34 heavy (non-hydrogen) atoms. The Kier molecular flexibility index (Phi) is 10.1. The molecule has 7 nitrogen and oxygen atoms in total. The summed E-state index contributed by atoms with van der Waals surface area (Å²) in [5.41, 5.74) is 1.18. The summed E-state index contributed by atoms with van der Waals surface area (Å²) < 4.78 is 11.2. The number of cyclic esters (lactones) is 1. The predicted octanol–water partition coefficient (Wildman–Crippen LogP) is 4.68. The molecule has 1 aliphatic rings. The summed E-state index contributed by atoms with van der Waals surface area (Å²) in [7, 11) is 0. The van der Waals surface area contributed by atoms with Gasteiger partial charge in [-0.15, -0.1) is 0 Å². The summed E-state index contributed by atoms with van der Waals surface area (Å²) in [4.78, 5) is 24.7. The van der Waals surface area contributed by atoms with Crippen LogP contribution in [0.2, 0.25) is 10.0 Å². The zero-order chi connectivity index (χ0) is 24.0. The van der Waals surface area contributed by atoms with Crippen molar-refractivity contribution >= 4 is 41.0 Å². The van der Waals surface area contributed by atoms with Crippen molar-refractivity contribution in [3.63, 3.8) is 0 Å². The van der Waals surface area contributed by atoms with Crippen LogP contribution < -0.4 is 4.74 Å². The first kappa shape index (κ1) is 27.4. The number of carbonyl (C=O) groups excluding carboxylic acids is 2. The van der Waals surface area contributed by atoms with Gasteiger partial charge in [0.15, 0.2) is 5.78 Å². The number of allylic oxidation sites excluding steroid dienone is 1. The van der Waals surface area contributed by atoms with Crippen LogP contribution in [0.25, 0.3) is 6.08 Å². The molecular weight excluding hydrogens is 483 g/mol. The molecule has 182 valence electrons. The largest absolute Gasteiger partial charge is 0.507 e. The van der Waals surface area contributed by atoms with E-state index in [-0.39, 0.29) is 29.8 Å². The fourth-order valence-corrected chi connectivity index (χ4v) is 3.56. The number of carbonyl (C=O) groups is 2. The first-order valence-electron chi connectivity index (χ1n) is 10.4. The minimum atomic E-state index is -1.11. The molecule has 0 saturated carbocycles. The van der Waals surface area contributed by atoms with Gasteiger partial charge in [-0.3, -0.25) is 4.79 Å². The van der Waals surface area contributed by atoms with Crippen molar-refractivity contribution in [1.82, 2.24) is 0 Å². The van der Waals surface area contributed by atoms with Crippen molar-refractivity contribution in [1.29, 1.82) is 0 Å². The van der Waals surface area contributed by atoms with E-state index in [0.29, 0.717) is 34.2 Å².